The van der Waals surface area contributed by atoms with Crippen LogP contribution >= 0.6 is 11.3 Å². The molecular formula is C12H9N3O2S. The molecule has 0 fully saturated rings. The summed E-state index contributed by atoms with van der Waals surface area (Å²) in [5, 5.41) is 19.8. The number of nitrogen functional groups attached to an aromatic ring is 1. The predicted octanol–water partition coefficient (Wildman–Crippen LogP) is 3.09. The van der Waals surface area contributed by atoms with Gasteiger partial charge in [0.1, 0.15) is 10.9 Å². The van der Waals surface area contributed by atoms with Gasteiger partial charge in [-0.2, -0.15) is 5.26 Å². The molecule has 2 N–H and O–H groups in total. The number of rotatable bonds is 2. The molecule has 0 unspecified atom stereocenters. The third kappa shape index (κ3) is 2.04. The molecule has 0 aliphatic carbocycles. The lowest BCUT2D eigenvalue weighted by atomic mass is 10.1. The number of hydrogen-bond donors (Lipinski definition) is 1. The van der Waals surface area contributed by atoms with Crippen molar-refractivity contribution in [3.63, 3.8) is 0 Å². The first-order chi connectivity index (χ1) is 8.52. The van der Waals surface area contributed by atoms with Gasteiger partial charge >= 0.3 is 0 Å². The van der Waals surface area contributed by atoms with Crippen molar-refractivity contribution >= 4 is 22.7 Å². The summed E-state index contributed by atoms with van der Waals surface area (Å²) in [6, 6.07) is 8.45. The Bertz CT molecular complexity index is 670. The Morgan fingerprint density at radius 3 is 2.72 bits per heavy atom. The molecule has 5 nitrogen and oxygen atoms in total. The SMILES string of the molecule is Cc1ccc([N+](=O)[O-])c(-c2cc(N)c(C#N)s2)c1. The van der Waals surface area contributed by atoms with E-state index in [4.69, 9.17) is 11.0 Å². The van der Waals surface area contributed by atoms with Crippen molar-refractivity contribution in [2.75, 3.05) is 5.73 Å². The molecule has 0 saturated carbocycles. The summed E-state index contributed by atoms with van der Waals surface area (Å²) in [4.78, 5) is 11.6. The maximum Gasteiger partial charge on any atom is 0.278 e. The fourth-order valence-electron chi connectivity index (χ4n) is 1.63. The molecule has 0 amide bonds. The number of benzene rings is 1. The maximum atomic E-state index is 11.0. The summed E-state index contributed by atoms with van der Waals surface area (Å²) in [5.74, 6) is 0. The molecule has 18 heavy (non-hydrogen) atoms. The zero-order valence-electron chi connectivity index (χ0n) is 9.51. The quantitative estimate of drug-likeness (QED) is 0.662. The minimum absolute atomic E-state index is 0.0198. The first kappa shape index (κ1) is 12.1. The number of nitro benzene ring substituents is 1. The summed E-state index contributed by atoms with van der Waals surface area (Å²) < 4.78 is 0. The van der Waals surface area contributed by atoms with E-state index in [1.807, 2.05) is 13.0 Å². The molecule has 0 bridgehead atoms. The van der Waals surface area contributed by atoms with E-state index >= 15 is 0 Å². The summed E-state index contributed by atoms with van der Waals surface area (Å²) in [6.45, 7) is 1.86. The van der Waals surface area contributed by atoms with Crippen molar-refractivity contribution < 1.29 is 4.92 Å². The molecule has 90 valence electrons. The number of hydrogen-bond acceptors (Lipinski definition) is 5. The third-order valence-electron chi connectivity index (χ3n) is 2.48. The van der Waals surface area contributed by atoms with Crippen LogP contribution < -0.4 is 5.73 Å². The highest BCUT2D eigenvalue weighted by atomic mass is 32.1. The van der Waals surface area contributed by atoms with Crippen molar-refractivity contribution in [1.29, 1.82) is 5.26 Å². The van der Waals surface area contributed by atoms with E-state index < -0.39 is 4.92 Å². The maximum absolute atomic E-state index is 11.0. The van der Waals surface area contributed by atoms with Crippen LogP contribution in [0.4, 0.5) is 11.4 Å². The Balaban J connectivity index is 2.66. The zero-order chi connectivity index (χ0) is 13.3. The minimum atomic E-state index is -0.434. The third-order valence-corrected chi connectivity index (χ3v) is 3.57. The highest BCUT2D eigenvalue weighted by Gasteiger charge is 2.18. The lowest BCUT2D eigenvalue weighted by Crippen LogP contribution is -1.91. The number of nitrogens with zero attached hydrogens (tertiary/aromatic N) is 2. The van der Waals surface area contributed by atoms with E-state index in [1.54, 1.807) is 18.2 Å². The first-order valence-corrected chi connectivity index (χ1v) is 5.89. The highest BCUT2D eigenvalue weighted by molar-refractivity contribution is 7.16. The Labute approximate surface area is 107 Å². The number of thiophene rings is 1. The van der Waals surface area contributed by atoms with Gasteiger partial charge in [-0.05, 0) is 24.6 Å². The molecule has 0 aliphatic heterocycles. The molecule has 2 aromatic rings. The van der Waals surface area contributed by atoms with Crippen molar-refractivity contribution in [3.8, 4) is 16.5 Å². The lowest BCUT2D eigenvalue weighted by Gasteiger charge is -2.01. The molecule has 1 aromatic carbocycles. The van der Waals surface area contributed by atoms with Crippen LogP contribution in [-0.4, -0.2) is 4.92 Å². The van der Waals surface area contributed by atoms with Crippen LogP contribution in [0.2, 0.25) is 0 Å². The number of aryl methyl sites for hydroxylation is 1. The van der Waals surface area contributed by atoms with Gasteiger partial charge in [0.2, 0.25) is 0 Å². The van der Waals surface area contributed by atoms with Gasteiger partial charge in [0.15, 0.2) is 0 Å². The van der Waals surface area contributed by atoms with Gasteiger partial charge in [-0.25, -0.2) is 0 Å². The number of nitro groups is 1. The monoisotopic (exact) mass is 259 g/mol. The molecule has 2 rings (SSSR count). The molecular weight excluding hydrogens is 250 g/mol. The Morgan fingerprint density at radius 1 is 1.44 bits per heavy atom. The van der Waals surface area contributed by atoms with Crippen LogP contribution in [0.15, 0.2) is 24.3 Å². The average molecular weight is 259 g/mol. The molecule has 0 atom stereocenters. The highest BCUT2D eigenvalue weighted by Crippen LogP contribution is 2.38. The van der Waals surface area contributed by atoms with E-state index in [2.05, 4.69) is 0 Å². The average Bonchev–Trinajstić information content (AvgIpc) is 2.70. The normalized spacial score (nSPS) is 10.0. The summed E-state index contributed by atoms with van der Waals surface area (Å²) >= 11 is 1.16. The van der Waals surface area contributed by atoms with Crippen molar-refractivity contribution in [2.24, 2.45) is 0 Å². The molecule has 0 spiro atoms. The first-order valence-electron chi connectivity index (χ1n) is 5.07. The van der Waals surface area contributed by atoms with E-state index in [0.717, 1.165) is 16.9 Å². The molecule has 0 saturated heterocycles. The fourth-order valence-corrected chi connectivity index (χ4v) is 2.53. The smallest absolute Gasteiger partial charge is 0.278 e. The molecule has 0 aliphatic rings. The second kappa shape index (κ2) is 4.47. The van der Waals surface area contributed by atoms with E-state index in [1.165, 1.54) is 6.07 Å². The number of anilines is 1. The Kier molecular flexibility index (Phi) is 3.00. The van der Waals surface area contributed by atoms with Crippen LogP contribution in [-0.2, 0) is 0 Å². The lowest BCUT2D eigenvalue weighted by molar-refractivity contribution is -0.384. The standard InChI is InChI=1S/C12H9N3O2S/c1-7-2-3-10(15(16)17)8(4-7)11-5-9(14)12(6-13)18-11/h2-5H,14H2,1H3. The van der Waals surface area contributed by atoms with Crippen LogP contribution in [0.5, 0.6) is 0 Å². The van der Waals surface area contributed by atoms with Crippen LogP contribution in [0.1, 0.15) is 10.4 Å². The van der Waals surface area contributed by atoms with Gasteiger partial charge in [-0.3, -0.25) is 10.1 Å². The van der Waals surface area contributed by atoms with Crippen molar-refractivity contribution in [1.82, 2.24) is 0 Å². The largest absolute Gasteiger partial charge is 0.397 e. The van der Waals surface area contributed by atoms with Crippen LogP contribution in [0, 0.1) is 28.4 Å². The fraction of sp³-hybridized carbons (Fsp3) is 0.0833. The molecule has 0 radical (unpaired) electrons. The number of nitrogens with two attached hydrogens (primary N) is 1. The van der Waals surface area contributed by atoms with Crippen LogP contribution in [0.25, 0.3) is 10.4 Å². The molecule has 1 aromatic heterocycles. The second-order valence-corrected chi connectivity index (χ2v) is 4.84. The predicted molar refractivity (Wildman–Crippen MR) is 70.3 cm³/mol. The van der Waals surface area contributed by atoms with Crippen LogP contribution in [0.3, 0.4) is 0 Å². The van der Waals surface area contributed by atoms with Gasteiger partial charge in [0.25, 0.3) is 5.69 Å². The minimum Gasteiger partial charge on any atom is -0.397 e. The van der Waals surface area contributed by atoms with E-state index in [-0.39, 0.29) is 5.69 Å². The van der Waals surface area contributed by atoms with E-state index in [0.29, 0.717) is 21.0 Å². The molecule has 6 heteroatoms. The second-order valence-electron chi connectivity index (χ2n) is 3.78. The Hall–Kier alpha value is -2.39. The topological polar surface area (TPSA) is 92.9 Å². The van der Waals surface area contributed by atoms with Gasteiger partial charge in [-0.15, -0.1) is 11.3 Å². The summed E-state index contributed by atoms with van der Waals surface area (Å²) in [6.07, 6.45) is 0. The van der Waals surface area contributed by atoms with Gasteiger partial charge in [0, 0.05) is 10.9 Å². The van der Waals surface area contributed by atoms with Gasteiger partial charge in [0.05, 0.1) is 16.2 Å². The number of nitriles is 1. The van der Waals surface area contributed by atoms with Crippen molar-refractivity contribution in [2.45, 2.75) is 6.92 Å². The molecule has 1 heterocycles. The summed E-state index contributed by atoms with van der Waals surface area (Å²) in [7, 11) is 0. The van der Waals surface area contributed by atoms with E-state index in [9.17, 15) is 10.1 Å². The van der Waals surface area contributed by atoms with Gasteiger partial charge < -0.3 is 5.73 Å². The Morgan fingerprint density at radius 2 is 2.17 bits per heavy atom. The van der Waals surface area contributed by atoms with Crippen molar-refractivity contribution in [3.05, 3.63) is 44.8 Å². The zero-order valence-corrected chi connectivity index (χ0v) is 10.3. The van der Waals surface area contributed by atoms with Gasteiger partial charge in [-0.1, -0.05) is 6.07 Å². The summed E-state index contributed by atoms with van der Waals surface area (Å²) in [5.41, 5.74) is 7.46.